The van der Waals surface area contributed by atoms with E-state index < -0.39 is 0 Å². The van der Waals surface area contributed by atoms with Crippen molar-refractivity contribution >= 4 is 11.6 Å². The van der Waals surface area contributed by atoms with Gasteiger partial charge in [0.15, 0.2) is 0 Å². The van der Waals surface area contributed by atoms with Gasteiger partial charge in [-0.2, -0.15) is 0 Å². The van der Waals surface area contributed by atoms with Gasteiger partial charge in [0, 0.05) is 22.9 Å². The lowest BCUT2D eigenvalue weighted by molar-refractivity contribution is 0.102. The fraction of sp³-hybridized carbons (Fsp3) is 0.0417. The number of benzene rings is 3. The first kappa shape index (κ1) is 18.4. The van der Waals surface area contributed by atoms with E-state index in [-0.39, 0.29) is 5.91 Å². The lowest BCUT2D eigenvalue weighted by Gasteiger charge is -2.08. The summed E-state index contributed by atoms with van der Waals surface area (Å²) >= 11 is 0. The second-order valence-corrected chi connectivity index (χ2v) is 6.44. The summed E-state index contributed by atoms with van der Waals surface area (Å²) in [6.45, 7) is 0. The number of nitrogens with zero attached hydrogens (tertiary/aromatic N) is 2. The number of methoxy groups -OCH3 is 1. The minimum atomic E-state index is -0.151. The Hall–Kier alpha value is -3.99. The first-order valence-electron chi connectivity index (χ1n) is 9.18. The highest BCUT2D eigenvalue weighted by atomic mass is 16.5. The van der Waals surface area contributed by atoms with Crippen LogP contribution in [0.2, 0.25) is 0 Å². The Balaban J connectivity index is 1.44. The fourth-order valence-corrected chi connectivity index (χ4v) is 2.96. The molecule has 0 aliphatic carbocycles. The first-order chi connectivity index (χ1) is 14.2. The largest absolute Gasteiger partial charge is 0.480 e. The molecule has 1 aromatic heterocycles. The lowest BCUT2D eigenvalue weighted by Crippen LogP contribution is -2.11. The van der Waals surface area contributed by atoms with Crippen molar-refractivity contribution in [1.29, 1.82) is 0 Å². The number of rotatable bonds is 5. The van der Waals surface area contributed by atoms with E-state index in [1.807, 2.05) is 84.9 Å². The summed E-state index contributed by atoms with van der Waals surface area (Å²) in [6.07, 6.45) is 0. The van der Waals surface area contributed by atoms with Crippen molar-refractivity contribution in [3.05, 3.63) is 96.6 Å². The summed E-state index contributed by atoms with van der Waals surface area (Å²) < 4.78 is 5.02. The van der Waals surface area contributed by atoms with Gasteiger partial charge in [0.2, 0.25) is 5.88 Å². The quantitative estimate of drug-likeness (QED) is 0.524. The van der Waals surface area contributed by atoms with Gasteiger partial charge in [0.1, 0.15) is 0 Å². The minimum absolute atomic E-state index is 0.151. The van der Waals surface area contributed by atoms with Crippen LogP contribution in [0.4, 0.5) is 5.69 Å². The number of amides is 1. The van der Waals surface area contributed by atoms with Crippen molar-refractivity contribution in [2.24, 2.45) is 0 Å². The molecule has 0 aliphatic heterocycles. The minimum Gasteiger partial charge on any atom is -0.480 e. The second kappa shape index (κ2) is 8.35. The molecule has 3 aromatic carbocycles. The van der Waals surface area contributed by atoms with Gasteiger partial charge in [-0.1, -0.05) is 54.6 Å². The highest BCUT2D eigenvalue weighted by molar-refractivity contribution is 6.04. The number of anilines is 1. The first-order valence-corrected chi connectivity index (χ1v) is 9.18. The zero-order valence-corrected chi connectivity index (χ0v) is 15.9. The molecule has 1 N–H and O–H groups in total. The highest BCUT2D eigenvalue weighted by Gasteiger charge is 2.08. The van der Waals surface area contributed by atoms with Gasteiger partial charge in [-0.15, -0.1) is 10.2 Å². The predicted molar refractivity (Wildman–Crippen MR) is 114 cm³/mol. The Morgan fingerprint density at radius 1 is 0.724 bits per heavy atom. The number of carbonyl (C=O) groups excluding carboxylic acids is 1. The van der Waals surface area contributed by atoms with E-state index in [0.29, 0.717) is 17.1 Å². The smallest absolute Gasteiger partial charge is 0.255 e. The molecule has 29 heavy (non-hydrogen) atoms. The van der Waals surface area contributed by atoms with Crippen molar-refractivity contribution in [3.63, 3.8) is 0 Å². The van der Waals surface area contributed by atoms with Gasteiger partial charge in [0.05, 0.1) is 12.8 Å². The molecular weight excluding hydrogens is 362 g/mol. The Morgan fingerprint density at radius 2 is 1.38 bits per heavy atom. The normalized spacial score (nSPS) is 10.4. The molecule has 1 amide bonds. The van der Waals surface area contributed by atoms with Gasteiger partial charge in [-0.3, -0.25) is 4.79 Å². The van der Waals surface area contributed by atoms with Crippen LogP contribution in [-0.2, 0) is 0 Å². The van der Waals surface area contributed by atoms with Crippen LogP contribution in [0.3, 0.4) is 0 Å². The summed E-state index contributed by atoms with van der Waals surface area (Å²) in [5.41, 5.74) is 5.16. The molecule has 0 fully saturated rings. The molecule has 0 aliphatic rings. The van der Waals surface area contributed by atoms with Crippen molar-refractivity contribution in [2.45, 2.75) is 0 Å². The molecule has 0 unspecified atom stereocenters. The summed E-state index contributed by atoms with van der Waals surface area (Å²) in [4.78, 5) is 12.5. The SMILES string of the molecule is COc1ccc(-c2ccc(NC(=O)c3ccc(-c4ccccc4)cc3)cc2)nn1. The third kappa shape index (κ3) is 4.30. The van der Waals surface area contributed by atoms with Gasteiger partial charge < -0.3 is 10.1 Å². The van der Waals surface area contributed by atoms with Crippen LogP contribution >= 0.6 is 0 Å². The molecule has 0 spiro atoms. The zero-order valence-electron chi connectivity index (χ0n) is 15.9. The maximum Gasteiger partial charge on any atom is 0.255 e. The Kier molecular flexibility index (Phi) is 5.29. The number of hydrogen-bond acceptors (Lipinski definition) is 4. The topological polar surface area (TPSA) is 64.1 Å². The molecule has 1 heterocycles. The van der Waals surface area contributed by atoms with E-state index in [4.69, 9.17) is 4.74 Å². The number of ether oxygens (including phenoxy) is 1. The van der Waals surface area contributed by atoms with Gasteiger partial charge in [-0.05, 0) is 41.5 Å². The molecule has 5 heteroatoms. The third-order valence-corrected chi connectivity index (χ3v) is 4.54. The molecule has 5 nitrogen and oxygen atoms in total. The van der Waals surface area contributed by atoms with Gasteiger partial charge in [-0.25, -0.2) is 0 Å². The fourth-order valence-electron chi connectivity index (χ4n) is 2.96. The second-order valence-electron chi connectivity index (χ2n) is 6.44. The Morgan fingerprint density at radius 3 is 2.00 bits per heavy atom. The van der Waals surface area contributed by atoms with E-state index in [9.17, 15) is 4.79 Å². The van der Waals surface area contributed by atoms with Gasteiger partial charge >= 0.3 is 0 Å². The summed E-state index contributed by atoms with van der Waals surface area (Å²) in [6, 6.07) is 28.7. The van der Waals surface area contributed by atoms with Crippen LogP contribution in [0.25, 0.3) is 22.4 Å². The zero-order chi connectivity index (χ0) is 20.1. The molecule has 0 atom stereocenters. The Bertz CT molecular complexity index is 1090. The predicted octanol–water partition coefficient (Wildman–Crippen LogP) is 5.07. The maximum atomic E-state index is 12.5. The van der Waals surface area contributed by atoms with E-state index in [1.54, 1.807) is 13.2 Å². The van der Waals surface area contributed by atoms with Crippen LogP contribution in [-0.4, -0.2) is 23.2 Å². The summed E-state index contributed by atoms with van der Waals surface area (Å²) in [5, 5.41) is 11.0. The molecule has 0 radical (unpaired) electrons. The van der Waals surface area contributed by atoms with Crippen molar-refractivity contribution in [3.8, 4) is 28.3 Å². The van der Waals surface area contributed by atoms with Crippen LogP contribution in [0, 0.1) is 0 Å². The molecule has 0 saturated heterocycles. The van der Waals surface area contributed by atoms with Crippen LogP contribution < -0.4 is 10.1 Å². The van der Waals surface area contributed by atoms with Crippen molar-refractivity contribution in [2.75, 3.05) is 12.4 Å². The van der Waals surface area contributed by atoms with Crippen LogP contribution in [0.1, 0.15) is 10.4 Å². The Labute approximate surface area is 169 Å². The third-order valence-electron chi connectivity index (χ3n) is 4.54. The van der Waals surface area contributed by atoms with E-state index >= 15 is 0 Å². The molecule has 0 saturated carbocycles. The average molecular weight is 381 g/mol. The molecule has 4 aromatic rings. The lowest BCUT2D eigenvalue weighted by atomic mass is 10.0. The summed E-state index contributed by atoms with van der Waals surface area (Å²) in [5.74, 6) is 0.317. The number of nitrogens with one attached hydrogen (secondary N) is 1. The number of hydrogen-bond donors (Lipinski definition) is 1. The standard InChI is InChI=1S/C24H19N3O2/c1-29-23-16-15-22(26-27-23)19-11-13-21(14-12-19)25-24(28)20-9-7-18(8-10-20)17-5-3-2-4-6-17/h2-16H,1H3,(H,25,28). The van der Waals surface area contributed by atoms with Crippen LogP contribution in [0.5, 0.6) is 5.88 Å². The molecule has 142 valence electrons. The highest BCUT2D eigenvalue weighted by Crippen LogP contribution is 2.22. The van der Waals surface area contributed by atoms with E-state index in [1.165, 1.54) is 0 Å². The maximum absolute atomic E-state index is 12.5. The monoisotopic (exact) mass is 381 g/mol. The number of aromatic nitrogens is 2. The van der Waals surface area contributed by atoms with Crippen LogP contribution in [0.15, 0.2) is 91.0 Å². The average Bonchev–Trinajstić information content (AvgIpc) is 2.80. The molecular formula is C24H19N3O2. The van der Waals surface area contributed by atoms with E-state index in [0.717, 1.165) is 22.4 Å². The summed E-state index contributed by atoms with van der Waals surface area (Å²) in [7, 11) is 1.55. The van der Waals surface area contributed by atoms with Crippen molar-refractivity contribution in [1.82, 2.24) is 10.2 Å². The number of carbonyl (C=O) groups is 1. The van der Waals surface area contributed by atoms with Gasteiger partial charge in [0.25, 0.3) is 5.91 Å². The molecule has 4 rings (SSSR count). The van der Waals surface area contributed by atoms with Crippen molar-refractivity contribution < 1.29 is 9.53 Å². The molecule has 0 bridgehead atoms. The van der Waals surface area contributed by atoms with E-state index in [2.05, 4.69) is 15.5 Å².